The smallest absolute Gasteiger partial charge is 0.221 e. The summed E-state index contributed by atoms with van der Waals surface area (Å²) in [5.41, 5.74) is 0.928. The molecule has 3 aromatic rings. The molecular weight excluding hydrogens is 656 g/mol. The van der Waals surface area contributed by atoms with Crippen LogP contribution in [-0.2, 0) is 34.6 Å². The van der Waals surface area contributed by atoms with Crippen LogP contribution < -0.4 is 0 Å². The fourth-order valence-electron chi connectivity index (χ4n) is 5.53. The van der Waals surface area contributed by atoms with Gasteiger partial charge in [0.25, 0.3) is 0 Å². The maximum absolute atomic E-state index is 15.5. The van der Waals surface area contributed by atoms with Gasteiger partial charge in [0.1, 0.15) is 30.2 Å². The Balaban J connectivity index is 1.85. The molecule has 5 atom stereocenters. The zero-order chi connectivity index (χ0) is 33.6. The first-order valence-electron chi connectivity index (χ1n) is 15.9. The fraction of sp³-hybridized carbons (Fsp3) is 0.576. The summed E-state index contributed by atoms with van der Waals surface area (Å²) >= 11 is 1.65. The van der Waals surface area contributed by atoms with Crippen molar-refractivity contribution in [2.24, 2.45) is 0 Å². The van der Waals surface area contributed by atoms with E-state index in [4.69, 9.17) is 22.4 Å². The number of thiophene rings is 1. The lowest BCUT2D eigenvalue weighted by Crippen LogP contribution is -2.69. The monoisotopic (exact) mass is 708 g/mol. The highest BCUT2D eigenvalue weighted by Gasteiger charge is 2.59. The van der Waals surface area contributed by atoms with E-state index in [0.29, 0.717) is 17.5 Å². The zero-order valence-electron chi connectivity index (χ0n) is 29.1. The van der Waals surface area contributed by atoms with E-state index < -0.39 is 63.5 Å². The zero-order valence-corrected chi connectivity index (χ0v) is 33.9. The molecular formula is C33H53FO6SSi4. The average Bonchev–Trinajstić information content (AvgIpc) is 3.28. The van der Waals surface area contributed by atoms with Gasteiger partial charge in [-0.05, 0) is 114 Å². The Morgan fingerprint density at radius 3 is 1.96 bits per heavy atom. The number of fused-ring (bicyclic) bond motifs is 1. The fourth-order valence-corrected chi connectivity index (χ4v) is 10.5. The van der Waals surface area contributed by atoms with Crippen LogP contribution in [0, 0.1) is 5.82 Å². The number of benzene rings is 2. The van der Waals surface area contributed by atoms with Gasteiger partial charge in [-0.3, -0.25) is 0 Å². The topological polar surface area (TPSA) is 66.4 Å². The van der Waals surface area contributed by atoms with E-state index >= 15 is 4.39 Å². The second-order valence-electron chi connectivity index (χ2n) is 16.1. The van der Waals surface area contributed by atoms with E-state index in [-0.39, 0.29) is 12.4 Å². The molecule has 1 aliphatic heterocycles. The van der Waals surface area contributed by atoms with Crippen molar-refractivity contribution in [2.45, 2.75) is 115 Å². The molecule has 0 saturated carbocycles. The third-order valence-electron chi connectivity index (χ3n) is 7.15. The first kappa shape index (κ1) is 36.8. The Hall–Kier alpha value is -1.04. The second kappa shape index (κ2) is 13.5. The van der Waals surface area contributed by atoms with Crippen molar-refractivity contribution in [1.29, 1.82) is 0 Å². The molecule has 1 saturated heterocycles. The summed E-state index contributed by atoms with van der Waals surface area (Å²) < 4.78 is 50.4. The minimum absolute atomic E-state index is 0.244. The lowest BCUT2D eigenvalue weighted by molar-refractivity contribution is -0.348. The van der Waals surface area contributed by atoms with Crippen molar-refractivity contribution >= 4 is 54.7 Å². The molecule has 0 spiro atoms. The van der Waals surface area contributed by atoms with Gasteiger partial charge in [0.15, 0.2) is 33.3 Å². The number of hydrogen-bond donors (Lipinski definition) is 1. The van der Waals surface area contributed by atoms with Crippen LogP contribution in [0.1, 0.15) is 16.0 Å². The van der Waals surface area contributed by atoms with Crippen LogP contribution in [0.15, 0.2) is 48.5 Å². The highest BCUT2D eigenvalue weighted by molar-refractivity contribution is 7.19. The highest BCUT2D eigenvalue weighted by atomic mass is 32.1. The summed E-state index contributed by atoms with van der Waals surface area (Å²) in [5, 5.41) is 14.0. The number of rotatable bonds is 12. The van der Waals surface area contributed by atoms with Crippen LogP contribution in [0.4, 0.5) is 4.39 Å². The lowest BCUT2D eigenvalue weighted by Gasteiger charge is -2.54. The van der Waals surface area contributed by atoms with Crippen LogP contribution in [0.2, 0.25) is 78.6 Å². The first-order valence-corrected chi connectivity index (χ1v) is 30.3. The molecule has 0 radical (unpaired) electrons. The molecule has 5 unspecified atom stereocenters. The Morgan fingerprint density at radius 1 is 0.778 bits per heavy atom. The van der Waals surface area contributed by atoms with E-state index in [0.717, 1.165) is 15.0 Å². The third kappa shape index (κ3) is 9.98. The predicted octanol–water partition coefficient (Wildman–Crippen LogP) is 8.69. The molecule has 0 aliphatic carbocycles. The minimum Gasteiger partial charge on any atom is -0.415 e. The number of hydrogen-bond acceptors (Lipinski definition) is 7. The first-order chi connectivity index (χ1) is 20.5. The van der Waals surface area contributed by atoms with Crippen molar-refractivity contribution in [3.05, 3.63) is 70.4 Å². The SMILES string of the molecule is C[Si](C)(C)OCC1OC(O)(c2ccc(F)c(Cc3cc4ccccc4s3)c2)C(O[Si](C)(C)C)C(O[Si](C)(C)C)C1O[Si](C)(C)C. The standard InChI is InChI=1S/C33H53FO6SSi4/c1-42(2,3)36-22-28-30(38-43(4,5)6)31(39-44(7,8)9)32(40-45(10,11)12)33(35,37-28)25-17-18-27(34)24(19-25)21-26-20-23-15-13-14-16-29(23)41-26/h13-20,28,30-32,35H,21-22H2,1-12H3. The molecule has 6 nitrogen and oxygen atoms in total. The van der Waals surface area contributed by atoms with Gasteiger partial charge in [0.05, 0.1) is 6.61 Å². The van der Waals surface area contributed by atoms with Gasteiger partial charge >= 0.3 is 0 Å². The molecule has 1 aromatic heterocycles. The van der Waals surface area contributed by atoms with Gasteiger partial charge in [0.2, 0.25) is 5.79 Å². The summed E-state index contributed by atoms with van der Waals surface area (Å²) in [6.07, 6.45) is -2.28. The van der Waals surface area contributed by atoms with Crippen molar-refractivity contribution in [3.63, 3.8) is 0 Å². The predicted molar refractivity (Wildman–Crippen MR) is 194 cm³/mol. The molecule has 4 rings (SSSR count). The average molecular weight is 709 g/mol. The van der Waals surface area contributed by atoms with Gasteiger partial charge in [-0.25, -0.2) is 4.39 Å². The Labute approximate surface area is 277 Å². The minimum atomic E-state index is -2.29. The maximum Gasteiger partial charge on any atom is 0.221 e. The summed E-state index contributed by atoms with van der Waals surface area (Å²) in [6, 6.07) is 15.1. The molecule has 12 heteroatoms. The number of aliphatic hydroxyl groups is 1. The van der Waals surface area contributed by atoms with Gasteiger partial charge in [-0.1, -0.05) is 24.3 Å². The third-order valence-corrected chi connectivity index (χ3v) is 12.2. The molecule has 2 aromatic carbocycles. The molecule has 1 fully saturated rings. The molecule has 1 aliphatic rings. The van der Waals surface area contributed by atoms with E-state index in [1.165, 1.54) is 6.07 Å². The van der Waals surface area contributed by atoms with Gasteiger partial charge in [-0.2, -0.15) is 0 Å². The molecule has 1 N–H and O–H groups in total. The van der Waals surface area contributed by atoms with Crippen LogP contribution >= 0.6 is 11.3 Å². The van der Waals surface area contributed by atoms with Crippen molar-refractivity contribution in [1.82, 2.24) is 0 Å². The largest absolute Gasteiger partial charge is 0.415 e. The van der Waals surface area contributed by atoms with E-state index in [9.17, 15) is 5.11 Å². The van der Waals surface area contributed by atoms with Crippen molar-refractivity contribution in [2.75, 3.05) is 6.61 Å². The molecule has 0 bridgehead atoms. The van der Waals surface area contributed by atoms with Crippen LogP contribution in [-0.4, -0.2) is 69.4 Å². The summed E-state index contributed by atoms with van der Waals surface area (Å²) in [5.74, 6) is -2.26. The van der Waals surface area contributed by atoms with Crippen LogP contribution in [0.25, 0.3) is 10.1 Å². The number of ether oxygens (including phenoxy) is 1. The Kier molecular flexibility index (Phi) is 11.0. The molecule has 0 amide bonds. The van der Waals surface area contributed by atoms with E-state index in [1.807, 2.05) is 12.1 Å². The van der Waals surface area contributed by atoms with Crippen LogP contribution in [0.3, 0.4) is 0 Å². The van der Waals surface area contributed by atoms with Crippen molar-refractivity contribution < 1.29 is 31.9 Å². The highest BCUT2D eigenvalue weighted by Crippen LogP contribution is 2.44. The summed E-state index contributed by atoms with van der Waals surface area (Å²) in [7, 11) is -8.59. The summed E-state index contributed by atoms with van der Waals surface area (Å²) in [4.78, 5) is 1.05. The molecule has 2 heterocycles. The maximum atomic E-state index is 15.5. The second-order valence-corrected chi connectivity index (χ2v) is 35.1. The van der Waals surface area contributed by atoms with Gasteiger partial charge in [0, 0.05) is 21.6 Å². The van der Waals surface area contributed by atoms with E-state index in [2.05, 4.69) is 96.8 Å². The van der Waals surface area contributed by atoms with Gasteiger partial charge in [-0.15, -0.1) is 11.3 Å². The molecule has 250 valence electrons. The number of halogens is 1. The lowest BCUT2D eigenvalue weighted by atomic mass is 9.87. The van der Waals surface area contributed by atoms with E-state index in [1.54, 1.807) is 23.5 Å². The summed E-state index contributed by atoms with van der Waals surface area (Å²) in [6.45, 7) is 25.7. The Bertz CT molecular complexity index is 1430. The Morgan fingerprint density at radius 2 is 1.38 bits per heavy atom. The van der Waals surface area contributed by atoms with Crippen LogP contribution in [0.5, 0.6) is 0 Å². The quantitative estimate of drug-likeness (QED) is 0.190. The normalized spacial score (nSPS) is 25.2. The molecule has 45 heavy (non-hydrogen) atoms. The van der Waals surface area contributed by atoms with Gasteiger partial charge < -0.3 is 27.5 Å². The van der Waals surface area contributed by atoms with Crippen molar-refractivity contribution in [3.8, 4) is 0 Å².